The Labute approximate surface area is 108 Å². The zero-order chi connectivity index (χ0) is 13.2. The Morgan fingerprint density at radius 1 is 1.56 bits per heavy atom. The van der Waals surface area contributed by atoms with Gasteiger partial charge >= 0.3 is 0 Å². The SMILES string of the molecule is CNC(=O)c1cc(N2CCNC(C)(C)C2)ccn1. The standard InChI is InChI=1S/C13H20N4O/c1-13(2)9-17(7-6-16-13)10-4-5-15-11(8-10)12(18)14-3/h4-5,8,16H,6-7,9H2,1-3H3,(H,14,18). The van der Waals surface area contributed by atoms with Crippen LogP contribution in [0.2, 0.25) is 0 Å². The van der Waals surface area contributed by atoms with Crippen molar-refractivity contribution in [1.29, 1.82) is 0 Å². The molecule has 1 saturated heterocycles. The van der Waals surface area contributed by atoms with Crippen LogP contribution in [0.1, 0.15) is 24.3 Å². The number of hydrogen-bond acceptors (Lipinski definition) is 4. The van der Waals surface area contributed by atoms with E-state index < -0.39 is 0 Å². The van der Waals surface area contributed by atoms with Gasteiger partial charge in [-0.25, -0.2) is 0 Å². The number of piperazine rings is 1. The molecule has 0 atom stereocenters. The molecule has 1 fully saturated rings. The van der Waals surface area contributed by atoms with Crippen molar-refractivity contribution in [2.45, 2.75) is 19.4 Å². The predicted octanol–water partition coefficient (Wildman–Crippen LogP) is 0.629. The van der Waals surface area contributed by atoms with Crippen molar-refractivity contribution >= 4 is 11.6 Å². The van der Waals surface area contributed by atoms with Crippen LogP contribution in [0.5, 0.6) is 0 Å². The summed E-state index contributed by atoms with van der Waals surface area (Å²) in [5.74, 6) is -0.147. The number of carbonyl (C=O) groups excluding carboxylic acids is 1. The molecule has 5 nitrogen and oxygen atoms in total. The maximum absolute atomic E-state index is 11.6. The number of hydrogen-bond donors (Lipinski definition) is 2. The molecule has 0 radical (unpaired) electrons. The summed E-state index contributed by atoms with van der Waals surface area (Å²) in [6, 6.07) is 3.80. The zero-order valence-corrected chi connectivity index (χ0v) is 11.2. The van der Waals surface area contributed by atoms with Crippen molar-refractivity contribution in [3.8, 4) is 0 Å². The van der Waals surface area contributed by atoms with E-state index in [0.29, 0.717) is 5.69 Å². The molecule has 1 aromatic rings. The van der Waals surface area contributed by atoms with Gasteiger partial charge in [0.15, 0.2) is 0 Å². The van der Waals surface area contributed by atoms with Gasteiger partial charge in [-0.2, -0.15) is 0 Å². The van der Waals surface area contributed by atoms with Gasteiger partial charge in [-0.15, -0.1) is 0 Å². The van der Waals surface area contributed by atoms with E-state index in [1.807, 2.05) is 12.1 Å². The minimum atomic E-state index is -0.147. The first-order valence-corrected chi connectivity index (χ1v) is 6.20. The average Bonchev–Trinajstić information content (AvgIpc) is 2.37. The zero-order valence-electron chi connectivity index (χ0n) is 11.2. The van der Waals surface area contributed by atoms with E-state index in [9.17, 15) is 4.79 Å². The Bertz CT molecular complexity index is 444. The lowest BCUT2D eigenvalue weighted by Crippen LogP contribution is -2.57. The number of rotatable bonds is 2. The first-order chi connectivity index (χ1) is 8.52. The van der Waals surface area contributed by atoms with Crippen LogP contribution < -0.4 is 15.5 Å². The fraction of sp³-hybridized carbons (Fsp3) is 0.538. The molecule has 2 heterocycles. The van der Waals surface area contributed by atoms with Crippen molar-refractivity contribution in [3.05, 3.63) is 24.0 Å². The number of pyridine rings is 1. The van der Waals surface area contributed by atoms with Crippen molar-refractivity contribution < 1.29 is 4.79 Å². The lowest BCUT2D eigenvalue weighted by atomic mass is 10.0. The predicted molar refractivity (Wildman–Crippen MR) is 71.9 cm³/mol. The molecule has 18 heavy (non-hydrogen) atoms. The number of anilines is 1. The van der Waals surface area contributed by atoms with Gasteiger partial charge in [-0.1, -0.05) is 0 Å². The van der Waals surface area contributed by atoms with Crippen LogP contribution in [0.4, 0.5) is 5.69 Å². The van der Waals surface area contributed by atoms with E-state index in [-0.39, 0.29) is 11.4 Å². The van der Waals surface area contributed by atoms with Crippen molar-refractivity contribution in [1.82, 2.24) is 15.6 Å². The fourth-order valence-corrected chi connectivity index (χ4v) is 2.23. The van der Waals surface area contributed by atoms with E-state index >= 15 is 0 Å². The summed E-state index contributed by atoms with van der Waals surface area (Å²) < 4.78 is 0. The van der Waals surface area contributed by atoms with Gasteiger partial charge in [0.05, 0.1) is 0 Å². The molecule has 2 N–H and O–H groups in total. The summed E-state index contributed by atoms with van der Waals surface area (Å²) in [5, 5.41) is 6.07. The average molecular weight is 248 g/mol. The topological polar surface area (TPSA) is 57.3 Å². The summed E-state index contributed by atoms with van der Waals surface area (Å²) in [7, 11) is 1.62. The maximum atomic E-state index is 11.6. The number of nitrogens with zero attached hydrogens (tertiary/aromatic N) is 2. The smallest absolute Gasteiger partial charge is 0.269 e. The largest absolute Gasteiger partial charge is 0.368 e. The van der Waals surface area contributed by atoms with Crippen LogP contribution in [0, 0.1) is 0 Å². The van der Waals surface area contributed by atoms with E-state index in [2.05, 4.69) is 34.4 Å². The van der Waals surface area contributed by atoms with Crippen LogP contribution in [0.15, 0.2) is 18.3 Å². The fourth-order valence-electron chi connectivity index (χ4n) is 2.23. The molecule has 5 heteroatoms. The lowest BCUT2D eigenvalue weighted by molar-refractivity contribution is 0.0958. The van der Waals surface area contributed by atoms with Crippen LogP contribution in [0.3, 0.4) is 0 Å². The highest BCUT2D eigenvalue weighted by Gasteiger charge is 2.26. The molecule has 0 spiro atoms. The molecule has 98 valence electrons. The van der Waals surface area contributed by atoms with Crippen LogP contribution in [-0.2, 0) is 0 Å². The van der Waals surface area contributed by atoms with Crippen LogP contribution in [-0.4, -0.2) is 43.1 Å². The molecule has 0 aliphatic carbocycles. The summed E-state index contributed by atoms with van der Waals surface area (Å²) in [5.41, 5.74) is 1.61. The minimum Gasteiger partial charge on any atom is -0.368 e. The monoisotopic (exact) mass is 248 g/mol. The summed E-state index contributed by atoms with van der Waals surface area (Å²) >= 11 is 0. The Hall–Kier alpha value is -1.62. The van der Waals surface area contributed by atoms with Crippen molar-refractivity contribution in [2.75, 3.05) is 31.6 Å². The Kier molecular flexibility index (Phi) is 3.52. The lowest BCUT2D eigenvalue weighted by Gasteiger charge is -2.40. The van der Waals surface area contributed by atoms with Gasteiger partial charge in [0, 0.05) is 44.1 Å². The van der Waals surface area contributed by atoms with Gasteiger partial charge in [0.25, 0.3) is 5.91 Å². The van der Waals surface area contributed by atoms with Gasteiger partial charge in [0.2, 0.25) is 0 Å². The molecule has 0 bridgehead atoms. The van der Waals surface area contributed by atoms with Crippen LogP contribution >= 0.6 is 0 Å². The summed E-state index contributed by atoms with van der Waals surface area (Å²) in [4.78, 5) is 17.9. The van der Waals surface area contributed by atoms with Crippen LogP contribution in [0.25, 0.3) is 0 Å². The normalized spacial score (nSPS) is 18.5. The second-order valence-corrected chi connectivity index (χ2v) is 5.21. The Morgan fingerprint density at radius 3 is 3.00 bits per heavy atom. The van der Waals surface area contributed by atoms with E-state index in [1.54, 1.807) is 13.2 Å². The van der Waals surface area contributed by atoms with Gasteiger partial charge in [-0.3, -0.25) is 9.78 Å². The highest BCUT2D eigenvalue weighted by atomic mass is 16.1. The van der Waals surface area contributed by atoms with Gasteiger partial charge < -0.3 is 15.5 Å². The molecule has 2 rings (SSSR count). The van der Waals surface area contributed by atoms with Crippen molar-refractivity contribution in [2.24, 2.45) is 0 Å². The minimum absolute atomic E-state index is 0.0920. The molecule has 0 aromatic carbocycles. The quantitative estimate of drug-likeness (QED) is 0.806. The second-order valence-electron chi connectivity index (χ2n) is 5.21. The Balaban J connectivity index is 2.20. The molecule has 1 amide bonds. The van der Waals surface area contributed by atoms with Gasteiger partial charge in [-0.05, 0) is 26.0 Å². The van der Waals surface area contributed by atoms with Crippen molar-refractivity contribution in [3.63, 3.8) is 0 Å². The Morgan fingerprint density at radius 2 is 2.33 bits per heavy atom. The van der Waals surface area contributed by atoms with E-state index in [0.717, 1.165) is 25.3 Å². The number of amides is 1. The molecule has 0 saturated carbocycles. The number of nitrogens with one attached hydrogen (secondary N) is 2. The summed E-state index contributed by atoms with van der Waals surface area (Å²) in [6.07, 6.45) is 1.69. The highest BCUT2D eigenvalue weighted by molar-refractivity contribution is 5.92. The maximum Gasteiger partial charge on any atom is 0.269 e. The second kappa shape index (κ2) is 4.94. The first kappa shape index (κ1) is 12.8. The molecule has 1 aliphatic rings. The third kappa shape index (κ3) is 2.79. The third-order valence-electron chi connectivity index (χ3n) is 3.14. The van der Waals surface area contributed by atoms with E-state index in [4.69, 9.17) is 0 Å². The molecular weight excluding hydrogens is 228 g/mol. The summed E-state index contributed by atoms with van der Waals surface area (Å²) in [6.45, 7) is 7.18. The molecule has 1 aliphatic heterocycles. The van der Waals surface area contributed by atoms with Gasteiger partial charge in [0.1, 0.15) is 5.69 Å². The van der Waals surface area contributed by atoms with E-state index in [1.165, 1.54) is 0 Å². The first-order valence-electron chi connectivity index (χ1n) is 6.20. The molecule has 0 unspecified atom stereocenters. The highest BCUT2D eigenvalue weighted by Crippen LogP contribution is 2.19. The molecular formula is C13H20N4O. The number of aromatic nitrogens is 1. The number of carbonyl (C=O) groups is 1. The molecule has 1 aromatic heterocycles. The third-order valence-corrected chi connectivity index (χ3v) is 3.14.